The lowest BCUT2D eigenvalue weighted by Crippen LogP contribution is -2.18. The van der Waals surface area contributed by atoms with E-state index in [1.165, 1.54) is 10.5 Å². The Morgan fingerprint density at radius 2 is 1.94 bits per heavy atom. The minimum absolute atomic E-state index is 0.644. The Labute approximate surface area is 103 Å². The normalized spacial score (nSPS) is 11.0. The van der Waals surface area contributed by atoms with Crippen molar-refractivity contribution in [1.82, 2.24) is 5.32 Å². The van der Waals surface area contributed by atoms with E-state index in [0.29, 0.717) is 5.25 Å². The van der Waals surface area contributed by atoms with Gasteiger partial charge in [-0.05, 0) is 17.7 Å². The molecule has 3 heteroatoms. The van der Waals surface area contributed by atoms with Crippen molar-refractivity contribution in [1.29, 1.82) is 0 Å². The van der Waals surface area contributed by atoms with Crippen LogP contribution in [-0.2, 0) is 11.3 Å². The van der Waals surface area contributed by atoms with Crippen LogP contribution in [-0.4, -0.2) is 25.5 Å². The maximum atomic E-state index is 4.98. The first-order valence-corrected chi connectivity index (χ1v) is 6.55. The van der Waals surface area contributed by atoms with Crippen molar-refractivity contribution in [3.05, 3.63) is 29.8 Å². The molecular formula is C13H21NOS. The van der Waals surface area contributed by atoms with Crippen molar-refractivity contribution in [2.24, 2.45) is 0 Å². The third kappa shape index (κ3) is 5.54. The molecule has 0 radical (unpaired) electrons. The molecule has 0 aromatic heterocycles. The van der Waals surface area contributed by atoms with Crippen LogP contribution in [0.15, 0.2) is 29.2 Å². The Hall–Kier alpha value is -0.510. The molecule has 0 bridgehead atoms. The predicted molar refractivity (Wildman–Crippen MR) is 71.0 cm³/mol. The van der Waals surface area contributed by atoms with Crippen LogP contribution < -0.4 is 5.32 Å². The van der Waals surface area contributed by atoms with Crippen LogP contribution in [0.1, 0.15) is 19.4 Å². The zero-order valence-corrected chi connectivity index (χ0v) is 11.1. The summed E-state index contributed by atoms with van der Waals surface area (Å²) in [7, 11) is 1.72. The van der Waals surface area contributed by atoms with Gasteiger partial charge in [0.1, 0.15) is 0 Å². The summed E-state index contributed by atoms with van der Waals surface area (Å²) in [5.41, 5.74) is 1.32. The summed E-state index contributed by atoms with van der Waals surface area (Å²) in [6, 6.07) is 8.75. The molecule has 0 aliphatic carbocycles. The lowest BCUT2D eigenvalue weighted by molar-refractivity contribution is 0.199. The summed E-state index contributed by atoms with van der Waals surface area (Å²) >= 11 is 1.90. The smallest absolute Gasteiger partial charge is 0.0587 e. The Bertz CT molecular complexity index is 284. The van der Waals surface area contributed by atoms with Crippen LogP contribution >= 0.6 is 11.8 Å². The van der Waals surface area contributed by atoms with E-state index in [-0.39, 0.29) is 0 Å². The molecule has 1 N–H and O–H groups in total. The van der Waals surface area contributed by atoms with Crippen molar-refractivity contribution in [2.45, 2.75) is 30.5 Å². The number of benzene rings is 1. The van der Waals surface area contributed by atoms with Gasteiger partial charge in [0.2, 0.25) is 0 Å². The molecule has 1 aromatic rings. The van der Waals surface area contributed by atoms with Gasteiger partial charge < -0.3 is 10.1 Å². The van der Waals surface area contributed by atoms with Crippen LogP contribution in [0.3, 0.4) is 0 Å². The summed E-state index contributed by atoms with van der Waals surface area (Å²) in [6.45, 7) is 7.01. The van der Waals surface area contributed by atoms with Crippen LogP contribution in [0.2, 0.25) is 0 Å². The highest BCUT2D eigenvalue weighted by Crippen LogP contribution is 2.22. The van der Waals surface area contributed by atoms with E-state index >= 15 is 0 Å². The highest BCUT2D eigenvalue weighted by Gasteiger charge is 1.98. The maximum absolute atomic E-state index is 4.98. The van der Waals surface area contributed by atoms with Crippen molar-refractivity contribution >= 4 is 11.8 Å². The molecule has 0 amide bonds. The molecule has 90 valence electrons. The Balaban J connectivity index is 2.33. The summed E-state index contributed by atoms with van der Waals surface area (Å²) in [4.78, 5) is 1.34. The van der Waals surface area contributed by atoms with E-state index in [1.54, 1.807) is 7.11 Å². The lowest BCUT2D eigenvalue weighted by atomic mass is 10.2. The second-order valence-electron chi connectivity index (χ2n) is 3.98. The molecule has 0 aliphatic rings. The highest BCUT2D eigenvalue weighted by atomic mass is 32.2. The third-order valence-corrected chi connectivity index (χ3v) is 3.12. The molecule has 0 atom stereocenters. The molecule has 2 nitrogen and oxygen atoms in total. The zero-order valence-electron chi connectivity index (χ0n) is 10.3. The van der Waals surface area contributed by atoms with Gasteiger partial charge in [0.25, 0.3) is 0 Å². The van der Waals surface area contributed by atoms with Gasteiger partial charge in [-0.25, -0.2) is 0 Å². The topological polar surface area (TPSA) is 21.3 Å². The van der Waals surface area contributed by atoms with E-state index in [0.717, 1.165) is 19.7 Å². The number of rotatable bonds is 7. The number of ether oxygens (including phenoxy) is 1. The first kappa shape index (κ1) is 13.6. The van der Waals surface area contributed by atoms with Crippen LogP contribution in [0.25, 0.3) is 0 Å². The fourth-order valence-electron chi connectivity index (χ4n) is 1.36. The molecule has 16 heavy (non-hydrogen) atoms. The second kappa shape index (κ2) is 7.71. The highest BCUT2D eigenvalue weighted by molar-refractivity contribution is 7.99. The Morgan fingerprint density at radius 1 is 1.25 bits per heavy atom. The largest absolute Gasteiger partial charge is 0.383 e. The number of methoxy groups -OCH3 is 1. The van der Waals surface area contributed by atoms with Crippen LogP contribution in [0.4, 0.5) is 0 Å². The van der Waals surface area contributed by atoms with Gasteiger partial charge in [-0.3, -0.25) is 0 Å². The molecule has 0 unspecified atom stereocenters. The van der Waals surface area contributed by atoms with Crippen LogP contribution in [0, 0.1) is 0 Å². The van der Waals surface area contributed by atoms with E-state index in [1.807, 2.05) is 11.8 Å². The molecule has 0 saturated heterocycles. The first-order valence-electron chi connectivity index (χ1n) is 5.67. The lowest BCUT2D eigenvalue weighted by Gasteiger charge is -2.07. The van der Waals surface area contributed by atoms with Gasteiger partial charge in [-0.15, -0.1) is 11.8 Å². The fraction of sp³-hybridized carbons (Fsp3) is 0.538. The Kier molecular flexibility index (Phi) is 6.53. The quantitative estimate of drug-likeness (QED) is 0.584. The monoisotopic (exact) mass is 239 g/mol. The van der Waals surface area contributed by atoms with Gasteiger partial charge in [-0.1, -0.05) is 26.0 Å². The SMILES string of the molecule is COCCNCc1ccc(SC(C)C)cc1. The van der Waals surface area contributed by atoms with E-state index in [9.17, 15) is 0 Å². The molecule has 0 aliphatic heterocycles. The van der Waals surface area contributed by atoms with Crippen molar-refractivity contribution < 1.29 is 4.74 Å². The average Bonchev–Trinajstić information content (AvgIpc) is 2.26. The first-order chi connectivity index (χ1) is 7.72. The van der Waals surface area contributed by atoms with E-state index in [4.69, 9.17) is 4.74 Å². The third-order valence-electron chi connectivity index (χ3n) is 2.11. The van der Waals surface area contributed by atoms with Gasteiger partial charge in [-0.2, -0.15) is 0 Å². The predicted octanol–water partition coefficient (Wildman–Crippen LogP) is 2.92. The van der Waals surface area contributed by atoms with Gasteiger partial charge in [0.05, 0.1) is 6.61 Å². The molecule has 0 saturated carbocycles. The second-order valence-corrected chi connectivity index (χ2v) is 5.63. The van der Waals surface area contributed by atoms with Crippen LogP contribution in [0.5, 0.6) is 0 Å². The molecular weight excluding hydrogens is 218 g/mol. The minimum atomic E-state index is 0.644. The number of hydrogen-bond donors (Lipinski definition) is 1. The molecule has 0 fully saturated rings. The molecule has 1 aromatic carbocycles. The summed E-state index contributed by atoms with van der Waals surface area (Å²) in [5.74, 6) is 0. The van der Waals surface area contributed by atoms with Crippen molar-refractivity contribution in [2.75, 3.05) is 20.3 Å². The van der Waals surface area contributed by atoms with Gasteiger partial charge in [0.15, 0.2) is 0 Å². The number of nitrogens with one attached hydrogen (secondary N) is 1. The summed E-state index contributed by atoms with van der Waals surface area (Å²) in [6.07, 6.45) is 0. The number of thioether (sulfide) groups is 1. The zero-order chi connectivity index (χ0) is 11.8. The fourth-order valence-corrected chi connectivity index (χ4v) is 2.20. The van der Waals surface area contributed by atoms with E-state index in [2.05, 4.69) is 43.4 Å². The van der Waals surface area contributed by atoms with Crippen molar-refractivity contribution in [3.8, 4) is 0 Å². The number of hydrogen-bond acceptors (Lipinski definition) is 3. The Morgan fingerprint density at radius 3 is 2.50 bits per heavy atom. The molecule has 0 heterocycles. The summed E-state index contributed by atoms with van der Waals surface area (Å²) < 4.78 is 4.98. The van der Waals surface area contributed by atoms with Gasteiger partial charge >= 0.3 is 0 Å². The van der Waals surface area contributed by atoms with E-state index < -0.39 is 0 Å². The van der Waals surface area contributed by atoms with Crippen molar-refractivity contribution in [3.63, 3.8) is 0 Å². The molecule has 1 rings (SSSR count). The van der Waals surface area contributed by atoms with Gasteiger partial charge in [0, 0.05) is 30.3 Å². The standard InChI is InChI=1S/C13H21NOS/c1-11(2)16-13-6-4-12(5-7-13)10-14-8-9-15-3/h4-7,11,14H,8-10H2,1-3H3. The average molecular weight is 239 g/mol. The maximum Gasteiger partial charge on any atom is 0.0587 e. The summed E-state index contributed by atoms with van der Waals surface area (Å²) in [5, 5.41) is 3.98. The molecule has 0 spiro atoms. The minimum Gasteiger partial charge on any atom is -0.383 e.